The molecular weight excluding hydrogens is 430 g/mol. The van der Waals surface area contributed by atoms with Gasteiger partial charge in [0.25, 0.3) is 5.56 Å². The minimum absolute atomic E-state index is 0.155. The topological polar surface area (TPSA) is 89.8 Å². The van der Waals surface area contributed by atoms with Crippen molar-refractivity contribution in [1.29, 1.82) is 0 Å². The normalized spacial score (nSPS) is 19.8. The van der Waals surface area contributed by atoms with Crippen molar-refractivity contribution >= 4 is 21.0 Å². The van der Waals surface area contributed by atoms with Crippen LogP contribution in [-0.4, -0.2) is 31.1 Å². The molecule has 4 rings (SSSR count). The lowest BCUT2D eigenvalue weighted by atomic mass is 10.0. The molecule has 0 bridgehead atoms. The SMILES string of the molecule is Cc1cc(F)cc(-c2cc(=O)n(CC(=O)Nc3ncncc3F)nc2C2CC2(F)P)c1. The van der Waals surface area contributed by atoms with Crippen LogP contribution in [-0.2, 0) is 11.3 Å². The number of nitrogens with one attached hydrogen (secondary N) is 1. The fourth-order valence-electron chi connectivity index (χ4n) is 3.29. The van der Waals surface area contributed by atoms with Gasteiger partial charge in [0.05, 0.1) is 11.9 Å². The smallest absolute Gasteiger partial charge is 0.267 e. The van der Waals surface area contributed by atoms with E-state index in [-0.39, 0.29) is 17.9 Å². The summed E-state index contributed by atoms with van der Waals surface area (Å²) < 4.78 is 42.9. The van der Waals surface area contributed by atoms with Crippen LogP contribution in [0.1, 0.15) is 23.6 Å². The average Bonchev–Trinajstić information content (AvgIpc) is 3.32. The second kappa shape index (κ2) is 7.85. The van der Waals surface area contributed by atoms with E-state index in [0.29, 0.717) is 16.7 Å². The maximum atomic E-state index is 14.5. The zero-order valence-electron chi connectivity index (χ0n) is 16.3. The van der Waals surface area contributed by atoms with Gasteiger partial charge in [0.1, 0.15) is 24.1 Å². The van der Waals surface area contributed by atoms with Crippen LogP contribution < -0.4 is 10.9 Å². The Morgan fingerprint density at radius 1 is 1.32 bits per heavy atom. The molecule has 31 heavy (non-hydrogen) atoms. The third-order valence-electron chi connectivity index (χ3n) is 4.86. The largest absolute Gasteiger partial charge is 0.307 e. The average molecular weight is 447 g/mol. The van der Waals surface area contributed by atoms with E-state index in [1.54, 1.807) is 13.0 Å². The molecule has 1 fully saturated rings. The summed E-state index contributed by atoms with van der Waals surface area (Å²) in [6.07, 6.45) is 2.10. The van der Waals surface area contributed by atoms with Gasteiger partial charge in [-0.3, -0.25) is 9.59 Å². The van der Waals surface area contributed by atoms with Crippen molar-refractivity contribution in [2.24, 2.45) is 0 Å². The Labute approximate surface area is 176 Å². The molecule has 160 valence electrons. The third kappa shape index (κ3) is 4.49. The highest BCUT2D eigenvalue weighted by molar-refractivity contribution is 7.19. The molecule has 0 spiro atoms. The van der Waals surface area contributed by atoms with E-state index in [0.717, 1.165) is 17.2 Å². The Morgan fingerprint density at radius 2 is 2.06 bits per heavy atom. The fraction of sp³-hybridized carbons (Fsp3) is 0.250. The second-order valence-electron chi connectivity index (χ2n) is 7.41. The minimum Gasteiger partial charge on any atom is -0.307 e. The summed E-state index contributed by atoms with van der Waals surface area (Å²) in [5.74, 6) is -3.05. The number of aryl methyl sites for hydroxylation is 1. The van der Waals surface area contributed by atoms with Crippen molar-refractivity contribution in [1.82, 2.24) is 19.7 Å². The molecule has 1 aliphatic rings. The standard InChI is InChI=1S/C20H17F3N5O2P/c1-10-2-11(4-12(21)3-10)13-5-17(30)28(27-18(13)14-6-20(14,23)31)8-16(29)26-19-15(22)7-24-9-25-19/h2-5,7,9,14H,6,8,31H2,1H3,(H,24,25,26,29). The van der Waals surface area contributed by atoms with E-state index in [4.69, 9.17) is 0 Å². The van der Waals surface area contributed by atoms with E-state index in [1.165, 1.54) is 18.2 Å². The van der Waals surface area contributed by atoms with Crippen LogP contribution in [0.2, 0.25) is 0 Å². The van der Waals surface area contributed by atoms with Crippen LogP contribution in [0.3, 0.4) is 0 Å². The van der Waals surface area contributed by atoms with Crippen LogP contribution in [0.4, 0.5) is 19.0 Å². The van der Waals surface area contributed by atoms with Crippen molar-refractivity contribution < 1.29 is 18.0 Å². The number of carbonyl (C=O) groups excluding carboxylic acids is 1. The van der Waals surface area contributed by atoms with Crippen molar-refractivity contribution in [3.63, 3.8) is 0 Å². The highest BCUT2D eigenvalue weighted by Gasteiger charge is 2.54. The molecule has 3 aromatic rings. The van der Waals surface area contributed by atoms with E-state index < -0.39 is 41.0 Å². The Kier molecular flexibility index (Phi) is 5.35. The van der Waals surface area contributed by atoms with Crippen molar-refractivity contribution in [3.05, 3.63) is 70.0 Å². The maximum absolute atomic E-state index is 14.5. The molecule has 1 aliphatic carbocycles. The maximum Gasteiger partial charge on any atom is 0.267 e. The first kappa shape index (κ1) is 21.1. The van der Waals surface area contributed by atoms with E-state index in [2.05, 4.69) is 29.6 Å². The van der Waals surface area contributed by atoms with Crippen molar-refractivity contribution in [3.8, 4) is 11.1 Å². The number of rotatable bonds is 5. The molecule has 0 radical (unpaired) electrons. The summed E-state index contributed by atoms with van der Waals surface area (Å²) in [4.78, 5) is 32.0. The lowest BCUT2D eigenvalue weighted by molar-refractivity contribution is -0.117. The Bertz CT molecular complexity index is 1230. The predicted octanol–water partition coefficient (Wildman–Crippen LogP) is 2.95. The summed E-state index contributed by atoms with van der Waals surface area (Å²) in [5, 5.41) is 4.85. The number of anilines is 1. The van der Waals surface area contributed by atoms with Gasteiger partial charge in [0.15, 0.2) is 11.6 Å². The van der Waals surface area contributed by atoms with Crippen LogP contribution in [0.5, 0.6) is 0 Å². The molecule has 0 saturated heterocycles. The molecule has 1 amide bonds. The number of amides is 1. The molecule has 11 heteroatoms. The summed E-state index contributed by atoms with van der Waals surface area (Å²) in [6.45, 7) is 1.16. The molecular formula is C20H17F3N5O2P. The molecule has 0 aliphatic heterocycles. The van der Waals surface area contributed by atoms with Crippen molar-refractivity contribution in [2.75, 3.05) is 5.32 Å². The Balaban J connectivity index is 1.70. The van der Waals surface area contributed by atoms with Crippen LogP contribution in [0.25, 0.3) is 11.1 Å². The molecule has 1 N–H and O–H groups in total. The van der Waals surface area contributed by atoms with Crippen LogP contribution in [0.15, 0.2) is 41.6 Å². The first-order valence-corrected chi connectivity index (χ1v) is 9.84. The lowest BCUT2D eigenvalue weighted by Crippen LogP contribution is -2.31. The number of hydrogen-bond donors (Lipinski definition) is 1. The van der Waals surface area contributed by atoms with Gasteiger partial charge in [-0.05, 0) is 36.6 Å². The number of halogens is 3. The van der Waals surface area contributed by atoms with E-state index in [9.17, 15) is 22.8 Å². The van der Waals surface area contributed by atoms with Gasteiger partial charge in [0, 0.05) is 17.5 Å². The zero-order chi connectivity index (χ0) is 22.3. The van der Waals surface area contributed by atoms with Crippen LogP contribution in [0, 0.1) is 18.6 Å². The number of hydrogen-bond acceptors (Lipinski definition) is 5. The Morgan fingerprint density at radius 3 is 2.71 bits per heavy atom. The quantitative estimate of drug-likeness (QED) is 0.608. The molecule has 3 atom stereocenters. The summed E-state index contributed by atoms with van der Waals surface area (Å²) in [5.41, 5.74) is 0.919. The number of nitrogens with zero attached hydrogens (tertiary/aromatic N) is 4. The molecule has 1 saturated carbocycles. The molecule has 3 unspecified atom stereocenters. The summed E-state index contributed by atoms with van der Waals surface area (Å²) in [7, 11) is 2.11. The molecule has 7 nitrogen and oxygen atoms in total. The fourth-order valence-corrected chi connectivity index (χ4v) is 3.68. The first-order chi connectivity index (χ1) is 14.6. The van der Waals surface area contributed by atoms with Gasteiger partial charge < -0.3 is 5.32 Å². The van der Waals surface area contributed by atoms with Gasteiger partial charge in [-0.25, -0.2) is 27.8 Å². The van der Waals surface area contributed by atoms with Gasteiger partial charge in [-0.15, -0.1) is 0 Å². The minimum atomic E-state index is -1.60. The highest BCUT2D eigenvalue weighted by atomic mass is 31.0. The molecule has 2 aromatic heterocycles. The van der Waals surface area contributed by atoms with Crippen LogP contribution >= 0.6 is 9.24 Å². The highest BCUT2D eigenvalue weighted by Crippen LogP contribution is 2.59. The first-order valence-electron chi connectivity index (χ1n) is 9.27. The Hall–Kier alpha value is -3.13. The van der Waals surface area contributed by atoms with Crippen molar-refractivity contribution in [2.45, 2.75) is 31.2 Å². The number of alkyl halides is 1. The summed E-state index contributed by atoms with van der Waals surface area (Å²) in [6, 6.07) is 5.45. The molecule has 2 heterocycles. The lowest BCUT2D eigenvalue weighted by Gasteiger charge is -2.13. The van der Waals surface area contributed by atoms with E-state index in [1.807, 2.05) is 0 Å². The third-order valence-corrected chi connectivity index (χ3v) is 5.50. The number of benzene rings is 1. The zero-order valence-corrected chi connectivity index (χ0v) is 17.4. The van der Waals surface area contributed by atoms with Gasteiger partial charge in [0.2, 0.25) is 5.91 Å². The monoisotopic (exact) mass is 447 g/mol. The van der Waals surface area contributed by atoms with Gasteiger partial charge in [-0.1, -0.05) is 15.3 Å². The molecule has 1 aromatic carbocycles. The van der Waals surface area contributed by atoms with Gasteiger partial charge in [-0.2, -0.15) is 5.10 Å². The van der Waals surface area contributed by atoms with E-state index >= 15 is 0 Å². The predicted molar refractivity (Wildman–Crippen MR) is 110 cm³/mol. The van der Waals surface area contributed by atoms with Gasteiger partial charge >= 0.3 is 0 Å². The second-order valence-corrected chi connectivity index (χ2v) is 8.37. The number of aromatic nitrogens is 4. The summed E-state index contributed by atoms with van der Waals surface area (Å²) >= 11 is 0. The number of carbonyl (C=O) groups is 1.